The normalized spacial score (nSPS) is 11.1. The second-order valence-electron chi connectivity index (χ2n) is 5.12. The molecule has 4 rings (SSSR count). The molecule has 0 saturated heterocycles. The Balaban J connectivity index is 1.74. The molecule has 4 nitrogen and oxygen atoms in total. The summed E-state index contributed by atoms with van der Waals surface area (Å²) < 4.78 is 1.98. The maximum atomic E-state index is 4.64. The second kappa shape index (κ2) is 4.59. The average Bonchev–Trinajstić information content (AvgIpc) is 3.16. The van der Waals surface area contributed by atoms with Crippen LogP contribution in [0.1, 0.15) is 5.56 Å². The zero-order valence-corrected chi connectivity index (χ0v) is 11.6. The predicted molar refractivity (Wildman–Crippen MR) is 83.4 cm³/mol. The number of aromatic amines is 1. The van der Waals surface area contributed by atoms with Gasteiger partial charge in [0.2, 0.25) is 0 Å². The molecule has 4 aromatic rings. The van der Waals surface area contributed by atoms with E-state index in [0.29, 0.717) is 0 Å². The smallest absolute Gasteiger partial charge is 0.138 e. The first-order valence-electron chi connectivity index (χ1n) is 6.85. The quantitative estimate of drug-likeness (QED) is 0.605. The highest BCUT2D eigenvalue weighted by molar-refractivity contribution is 5.80. The number of H-pyrrole nitrogens is 1. The van der Waals surface area contributed by atoms with Crippen LogP contribution in [-0.4, -0.2) is 19.5 Å². The fourth-order valence-electron chi connectivity index (χ4n) is 2.46. The van der Waals surface area contributed by atoms with Crippen LogP contribution >= 0.6 is 0 Å². The molecule has 0 aliphatic carbocycles. The van der Waals surface area contributed by atoms with Crippen molar-refractivity contribution in [3.05, 3.63) is 66.7 Å². The molecule has 0 bridgehead atoms. The van der Waals surface area contributed by atoms with E-state index in [0.717, 1.165) is 28.1 Å². The van der Waals surface area contributed by atoms with Gasteiger partial charge >= 0.3 is 0 Å². The number of hydrogen-bond donors (Lipinski definition) is 1. The first-order valence-corrected chi connectivity index (χ1v) is 6.85. The van der Waals surface area contributed by atoms with E-state index < -0.39 is 0 Å². The minimum atomic E-state index is 0.896. The third kappa shape index (κ3) is 2.10. The van der Waals surface area contributed by atoms with Crippen molar-refractivity contribution in [3.63, 3.8) is 0 Å². The molecule has 0 fully saturated rings. The molecule has 0 radical (unpaired) electrons. The fourth-order valence-corrected chi connectivity index (χ4v) is 2.46. The summed E-state index contributed by atoms with van der Waals surface area (Å²) in [6.45, 7) is 2.08. The largest absolute Gasteiger partial charge is 0.338 e. The predicted octanol–water partition coefficient (Wildman–Crippen LogP) is 3.72. The molecule has 0 spiro atoms. The lowest BCUT2D eigenvalue weighted by atomic mass is 10.2. The maximum absolute atomic E-state index is 4.64. The zero-order chi connectivity index (χ0) is 14.2. The van der Waals surface area contributed by atoms with Gasteiger partial charge in [-0.05, 0) is 48.9 Å². The van der Waals surface area contributed by atoms with Gasteiger partial charge in [0.1, 0.15) is 5.82 Å². The Hall–Kier alpha value is -2.88. The van der Waals surface area contributed by atoms with E-state index in [4.69, 9.17) is 0 Å². The van der Waals surface area contributed by atoms with Gasteiger partial charge in [-0.3, -0.25) is 0 Å². The number of aromatic nitrogens is 4. The number of nitrogens with one attached hydrogen (secondary N) is 1. The highest BCUT2D eigenvalue weighted by Crippen LogP contribution is 2.22. The molecule has 0 saturated carbocycles. The second-order valence-corrected chi connectivity index (χ2v) is 5.12. The maximum Gasteiger partial charge on any atom is 0.138 e. The molecular weight excluding hydrogens is 260 g/mol. The van der Waals surface area contributed by atoms with Gasteiger partial charge in [0.25, 0.3) is 0 Å². The van der Waals surface area contributed by atoms with Crippen LogP contribution in [0.5, 0.6) is 0 Å². The van der Waals surface area contributed by atoms with E-state index >= 15 is 0 Å². The van der Waals surface area contributed by atoms with Gasteiger partial charge in [0, 0.05) is 23.6 Å². The Bertz CT molecular complexity index is 886. The molecule has 2 aromatic heterocycles. The Labute approximate surface area is 122 Å². The van der Waals surface area contributed by atoms with Gasteiger partial charge in [0.05, 0.1) is 17.4 Å². The number of fused-ring (bicyclic) bond motifs is 1. The number of benzene rings is 2. The average molecular weight is 274 g/mol. The third-order valence-electron chi connectivity index (χ3n) is 3.58. The van der Waals surface area contributed by atoms with Gasteiger partial charge in [-0.2, -0.15) is 0 Å². The SMILES string of the molecule is Cc1ccc2nc(-c3ccc(-n4ccnc4)cc3)[nH]c2c1. The summed E-state index contributed by atoms with van der Waals surface area (Å²) in [6, 6.07) is 14.5. The number of hydrogen-bond acceptors (Lipinski definition) is 2. The van der Waals surface area contributed by atoms with Crippen molar-refractivity contribution in [1.82, 2.24) is 19.5 Å². The standard InChI is InChI=1S/C17H14N4/c1-12-2-7-15-16(10-12)20-17(19-15)13-3-5-14(6-4-13)21-9-8-18-11-21/h2-11H,1H3,(H,19,20). The zero-order valence-electron chi connectivity index (χ0n) is 11.6. The Morgan fingerprint density at radius 3 is 2.67 bits per heavy atom. The summed E-state index contributed by atoms with van der Waals surface area (Å²) in [7, 11) is 0. The van der Waals surface area contributed by atoms with Crippen molar-refractivity contribution in [3.8, 4) is 17.1 Å². The molecular formula is C17H14N4. The van der Waals surface area contributed by atoms with Crippen LogP contribution in [0.25, 0.3) is 28.1 Å². The lowest BCUT2D eigenvalue weighted by molar-refractivity contribution is 1.06. The van der Waals surface area contributed by atoms with E-state index in [-0.39, 0.29) is 0 Å². The Kier molecular flexibility index (Phi) is 2.60. The Morgan fingerprint density at radius 1 is 1.05 bits per heavy atom. The first kappa shape index (κ1) is 11.9. The van der Waals surface area contributed by atoms with E-state index in [1.807, 2.05) is 16.8 Å². The van der Waals surface area contributed by atoms with Crippen molar-refractivity contribution >= 4 is 11.0 Å². The Morgan fingerprint density at radius 2 is 1.90 bits per heavy atom. The van der Waals surface area contributed by atoms with Crippen molar-refractivity contribution in [2.75, 3.05) is 0 Å². The summed E-state index contributed by atoms with van der Waals surface area (Å²) >= 11 is 0. The summed E-state index contributed by atoms with van der Waals surface area (Å²) in [5.41, 5.74) is 5.46. The highest BCUT2D eigenvalue weighted by atomic mass is 15.0. The summed E-state index contributed by atoms with van der Waals surface area (Å²) in [5, 5.41) is 0. The number of imidazole rings is 2. The molecule has 21 heavy (non-hydrogen) atoms. The molecule has 2 aromatic carbocycles. The third-order valence-corrected chi connectivity index (χ3v) is 3.58. The first-order chi connectivity index (χ1) is 10.3. The number of nitrogens with zero attached hydrogens (tertiary/aromatic N) is 3. The van der Waals surface area contributed by atoms with Crippen LogP contribution in [0.2, 0.25) is 0 Å². The van der Waals surface area contributed by atoms with Crippen LogP contribution in [-0.2, 0) is 0 Å². The van der Waals surface area contributed by atoms with Crippen LogP contribution in [0.3, 0.4) is 0 Å². The molecule has 2 heterocycles. The van der Waals surface area contributed by atoms with Gasteiger partial charge in [-0.25, -0.2) is 9.97 Å². The summed E-state index contributed by atoms with van der Waals surface area (Å²) in [6.07, 6.45) is 5.49. The number of rotatable bonds is 2. The van der Waals surface area contributed by atoms with E-state index in [9.17, 15) is 0 Å². The molecule has 4 heteroatoms. The van der Waals surface area contributed by atoms with Gasteiger partial charge in [-0.1, -0.05) is 6.07 Å². The summed E-state index contributed by atoms with van der Waals surface area (Å²) in [4.78, 5) is 12.1. The van der Waals surface area contributed by atoms with Crippen molar-refractivity contribution in [1.29, 1.82) is 0 Å². The van der Waals surface area contributed by atoms with Crippen molar-refractivity contribution in [2.24, 2.45) is 0 Å². The lowest BCUT2D eigenvalue weighted by Crippen LogP contribution is -1.89. The molecule has 0 atom stereocenters. The van der Waals surface area contributed by atoms with Crippen LogP contribution in [0, 0.1) is 6.92 Å². The van der Waals surface area contributed by atoms with Gasteiger partial charge in [-0.15, -0.1) is 0 Å². The summed E-state index contributed by atoms with van der Waals surface area (Å²) in [5.74, 6) is 0.896. The van der Waals surface area contributed by atoms with Crippen LogP contribution < -0.4 is 0 Å². The van der Waals surface area contributed by atoms with E-state index in [1.54, 1.807) is 12.5 Å². The topological polar surface area (TPSA) is 46.5 Å². The molecule has 0 amide bonds. The van der Waals surface area contributed by atoms with E-state index in [2.05, 4.69) is 58.3 Å². The molecule has 102 valence electrons. The van der Waals surface area contributed by atoms with Gasteiger partial charge < -0.3 is 9.55 Å². The molecule has 1 N–H and O–H groups in total. The van der Waals surface area contributed by atoms with Crippen LogP contribution in [0.15, 0.2) is 61.2 Å². The number of aryl methyl sites for hydroxylation is 1. The van der Waals surface area contributed by atoms with Crippen molar-refractivity contribution < 1.29 is 0 Å². The van der Waals surface area contributed by atoms with Gasteiger partial charge in [0.15, 0.2) is 0 Å². The monoisotopic (exact) mass is 274 g/mol. The molecule has 0 aliphatic heterocycles. The molecule has 0 aliphatic rings. The minimum absolute atomic E-state index is 0.896. The minimum Gasteiger partial charge on any atom is -0.338 e. The van der Waals surface area contributed by atoms with E-state index in [1.165, 1.54) is 5.56 Å². The molecule has 0 unspecified atom stereocenters. The lowest BCUT2D eigenvalue weighted by Gasteiger charge is -2.02. The fraction of sp³-hybridized carbons (Fsp3) is 0.0588. The highest BCUT2D eigenvalue weighted by Gasteiger charge is 2.05. The van der Waals surface area contributed by atoms with Crippen LogP contribution in [0.4, 0.5) is 0 Å². The van der Waals surface area contributed by atoms with Crippen molar-refractivity contribution in [2.45, 2.75) is 6.92 Å².